The molecule has 2 aliphatic rings. The van der Waals surface area contributed by atoms with Crippen molar-refractivity contribution in [3.8, 4) is 0 Å². The average molecular weight is 581 g/mol. The number of carbonyl (C=O) groups excluding carboxylic acids is 1. The Morgan fingerprint density at radius 2 is 1.98 bits per heavy atom. The normalized spacial score (nSPS) is 22.9. The van der Waals surface area contributed by atoms with Crippen molar-refractivity contribution in [2.24, 2.45) is 20.0 Å². The van der Waals surface area contributed by atoms with Crippen molar-refractivity contribution in [1.29, 1.82) is 0 Å². The second kappa shape index (κ2) is 12.4. The van der Waals surface area contributed by atoms with Gasteiger partial charge in [0.25, 0.3) is 6.47 Å². The number of fused-ring (bicyclic) bond motifs is 1. The highest BCUT2D eigenvalue weighted by Crippen LogP contribution is 2.40. The summed E-state index contributed by atoms with van der Waals surface area (Å²) in [6.07, 6.45) is 9.22. The number of aliphatic hydroxyl groups is 1. The second-order valence-corrected chi connectivity index (χ2v) is 10.9. The first-order valence-corrected chi connectivity index (χ1v) is 14.4. The predicted molar refractivity (Wildman–Crippen MR) is 149 cm³/mol. The minimum Gasteiger partial charge on any atom is -0.458 e. The number of hydrogen-bond acceptors (Lipinski definition) is 13. The number of carbonyl (C=O) groups is 1. The number of aromatic nitrogens is 10. The van der Waals surface area contributed by atoms with Crippen molar-refractivity contribution in [2.45, 2.75) is 69.5 Å². The van der Waals surface area contributed by atoms with Gasteiger partial charge in [-0.05, 0) is 17.6 Å². The van der Waals surface area contributed by atoms with Gasteiger partial charge in [0, 0.05) is 32.8 Å². The van der Waals surface area contributed by atoms with Gasteiger partial charge in [-0.2, -0.15) is 14.8 Å². The Balaban J connectivity index is 1.27. The number of ether oxygens (including phenoxy) is 2. The van der Waals surface area contributed by atoms with Gasteiger partial charge in [0.1, 0.15) is 6.10 Å². The third-order valence-electron chi connectivity index (χ3n) is 7.89. The van der Waals surface area contributed by atoms with Crippen LogP contribution in [-0.2, 0) is 34.8 Å². The summed E-state index contributed by atoms with van der Waals surface area (Å²) in [5.74, 6) is 1.89. The number of imidazole rings is 2. The molecule has 6 rings (SSSR count). The number of tetrazole rings is 1. The van der Waals surface area contributed by atoms with Crippen LogP contribution in [0.15, 0.2) is 18.9 Å². The maximum Gasteiger partial charge on any atom is 0.293 e. The van der Waals surface area contributed by atoms with Gasteiger partial charge in [0.15, 0.2) is 35.4 Å². The van der Waals surface area contributed by atoms with Crippen molar-refractivity contribution in [1.82, 2.24) is 49.3 Å². The van der Waals surface area contributed by atoms with Crippen molar-refractivity contribution < 1.29 is 19.4 Å². The maximum absolute atomic E-state index is 11.3. The van der Waals surface area contributed by atoms with E-state index in [9.17, 15) is 9.90 Å². The zero-order chi connectivity index (χ0) is 29.1. The van der Waals surface area contributed by atoms with Gasteiger partial charge in [0.05, 0.1) is 25.4 Å². The molecule has 42 heavy (non-hydrogen) atoms. The van der Waals surface area contributed by atoms with Crippen LogP contribution in [0.2, 0.25) is 0 Å². The number of nitrogens with zero attached hydrogens (tertiary/aromatic N) is 10. The summed E-state index contributed by atoms with van der Waals surface area (Å²) in [6, 6.07) is 0. The highest BCUT2D eigenvalue weighted by Gasteiger charge is 2.49. The van der Waals surface area contributed by atoms with E-state index >= 15 is 0 Å². The zero-order valence-electron chi connectivity index (χ0n) is 23.7. The molecule has 1 saturated heterocycles. The molecule has 4 aromatic rings. The van der Waals surface area contributed by atoms with Crippen molar-refractivity contribution in [2.75, 3.05) is 23.7 Å². The molecule has 0 aromatic carbocycles. The summed E-state index contributed by atoms with van der Waals surface area (Å²) < 4.78 is 14.9. The van der Waals surface area contributed by atoms with Gasteiger partial charge < -0.3 is 29.8 Å². The summed E-state index contributed by atoms with van der Waals surface area (Å²) >= 11 is 0. The van der Waals surface area contributed by atoms with Crippen LogP contribution in [0.4, 0.5) is 11.8 Å². The summed E-state index contributed by atoms with van der Waals surface area (Å²) in [7, 11) is 3.54. The lowest BCUT2D eigenvalue weighted by Gasteiger charge is -2.21. The van der Waals surface area contributed by atoms with Gasteiger partial charge in [-0.1, -0.05) is 32.1 Å². The minimum absolute atomic E-state index is 0.187. The van der Waals surface area contributed by atoms with Crippen LogP contribution in [-0.4, -0.2) is 86.2 Å². The van der Waals surface area contributed by atoms with Gasteiger partial charge in [-0.25, -0.2) is 9.97 Å². The topological polar surface area (TPSA) is 185 Å². The molecule has 2 fully saturated rings. The Morgan fingerprint density at radius 1 is 1.12 bits per heavy atom. The predicted octanol–water partition coefficient (Wildman–Crippen LogP) is 1.29. The fourth-order valence-electron chi connectivity index (χ4n) is 5.79. The van der Waals surface area contributed by atoms with Crippen molar-refractivity contribution >= 4 is 29.4 Å². The molecule has 1 aliphatic heterocycles. The van der Waals surface area contributed by atoms with Crippen LogP contribution in [0.1, 0.15) is 62.4 Å². The zero-order valence-corrected chi connectivity index (χ0v) is 23.7. The molecule has 0 spiro atoms. The standard InChI is InChI=1S/C26H36N12O4/c1-36-12-17(29-13-36)9-11-28-26-31-22(27-10-8-16-6-4-3-5-7-16)18-24(32-26)38(14-30-18)25-19(40)20(41-15-39)21(42-25)23-33-35-37(2)34-23/h12-16,19-21,25,40H,3-11H2,1-2H3,(H2,27,28,31,32)/t19-,20+,21+,25-/m1/s1. The molecule has 1 aliphatic carbocycles. The van der Waals surface area contributed by atoms with Crippen LogP contribution in [0.25, 0.3) is 11.2 Å². The van der Waals surface area contributed by atoms with Gasteiger partial charge >= 0.3 is 0 Å². The van der Waals surface area contributed by atoms with E-state index in [0.717, 1.165) is 18.7 Å². The van der Waals surface area contributed by atoms with E-state index in [2.05, 4.69) is 36.0 Å². The summed E-state index contributed by atoms with van der Waals surface area (Å²) in [4.78, 5) is 31.0. The number of anilines is 2. The maximum atomic E-state index is 11.3. The Labute approximate surface area is 241 Å². The second-order valence-electron chi connectivity index (χ2n) is 10.9. The molecule has 4 aromatic heterocycles. The number of rotatable bonds is 12. The Kier molecular flexibility index (Phi) is 8.23. The third-order valence-corrected chi connectivity index (χ3v) is 7.89. The minimum atomic E-state index is -1.25. The molecule has 3 N–H and O–H groups in total. The smallest absolute Gasteiger partial charge is 0.293 e. The molecule has 5 heterocycles. The molecule has 4 atom stereocenters. The molecule has 0 radical (unpaired) electrons. The van der Waals surface area contributed by atoms with Gasteiger partial charge in [0.2, 0.25) is 11.8 Å². The van der Waals surface area contributed by atoms with Crippen LogP contribution in [0.3, 0.4) is 0 Å². The molecule has 224 valence electrons. The fraction of sp³-hybridized carbons (Fsp3) is 0.615. The number of nitrogens with one attached hydrogen (secondary N) is 2. The summed E-state index contributed by atoms with van der Waals surface area (Å²) in [6.45, 7) is 1.60. The number of aliphatic hydroxyl groups excluding tert-OH is 1. The molecule has 16 heteroatoms. The van der Waals surface area contributed by atoms with Crippen molar-refractivity contribution in [3.63, 3.8) is 0 Å². The van der Waals surface area contributed by atoms with E-state index in [4.69, 9.17) is 19.4 Å². The van der Waals surface area contributed by atoms with Crippen LogP contribution >= 0.6 is 0 Å². The average Bonchev–Trinajstić information content (AvgIpc) is 3.77. The van der Waals surface area contributed by atoms with E-state index in [1.165, 1.54) is 36.9 Å². The van der Waals surface area contributed by atoms with Crippen molar-refractivity contribution in [3.05, 3.63) is 30.4 Å². The molecule has 0 bridgehead atoms. The third kappa shape index (κ3) is 5.90. The largest absolute Gasteiger partial charge is 0.458 e. The number of aryl methyl sites for hydroxylation is 2. The Hall–Kier alpha value is -4.18. The monoisotopic (exact) mass is 580 g/mol. The fourth-order valence-corrected chi connectivity index (χ4v) is 5.79. The molecule has 16 nitrogen and oxygen atoms in total. The lowest BCUT2D eigenvalue weighted by molar-refractivity contribution is -0.140. The summed E-state index contributed by atoms with van der Waals surface area (Å²) in [5, 5.41) is 30.0. The quantitative estimate of drug-likeness (QED) is 0.204. The molecule has 0 amide bonds. The van der Waals surface area contributed by atoms with E-state index in [1.54, 1.807) is 24.3 Å². The first kappa shape index (κ1) is 28.0. The molecule has 0 unspecified atom stereocenters. The van der Waals surface area contributed by atoms with E-state index in [-0.39, 0.29) is 12.3 Å². The van der Waals surface area contributed by atoms with E-state index in [1.807, 2.05) is 17.8 Å². The lowest BCUT2D eigenvalue weighted by atomic mass is 9.87. The van der Waals surface area contributed by atoms with E-state index in [0.29, 0.717) is 41.8 Å². The molecular weight excluding hydrogens is 544 g/mol. The highest BCUT2D eigenvalue weighted by atomic mass is 16.6. The van der Waals surface area contributed by atoms with Crippen LogP contribution in [0.5, 0.6) is 0 Å². The molecular formula is C26H36N12O4. The first-order valence-electron chi connectivity index (χ1n) is 14.4. The summed E-state index contributed by atoms with van der Waals surface area (Å²) in [5.41, 5.74) is 1.94. The molecule has 1 saturated carbocycles. The van der Waals surface area contributed by atoms with Crippen LogP contribution in [0, 0.1) is 5.92 Å². The van der Waals surface area contributed by atoms with Gasteiger partial charge in [-0.15, -0.1) is 10.2 Å². The van der Waals surface area contributed by atoms with E-state index < -0.39 is 24.5 Å². The highest BCUT2D eigenvalue weighted by molar-refractivity contribution is 5.84. The number of hydrogen-bond donors (Lipinski definition) is 3. The first-order chi connectivity index (χ1) is 20.5. The SMILES string of the molecule is Cn1cnc(CCNc2nc(NCCC3CCCCC3)c3ncn([C@@H]4O[C@H](c5nnn(C)n5)[C@@H](OC=O)[C@H]4O)c3n2)c1. The lowest BCUT2D eigenvalue weighted by Crippen LogP contribution is -2.31. The van der Waals surface area contributed by atoms with Gasteiger partial charge in [-0.3, -0.25) is 9.36 Å². The van der Waals surface area contributed by atoms with Crippen LogP contribution < -0.4 is 10.6 Å². The Bertz CT molecular complexity index is 1500. The Morgan fingerprint density at radius 3 is 2.71 bits per heavy atom.